The van der Waals surface area contributed by atoms with Crippen LogP contribution in [-0.2, 0) is 14.4 Å². The molecule has 7 heteroatoms. The van der Waals surface area contributed by atoms with E-state index in [2.05, 4.69) is 0 Å². The summed E-state index contributed by atoms with van der Waals surface area (Å²) in [6.45, 7) is 0.455. The van der Waals surface area contributed by atoms with E-state index in [4.69, 9.17) is 5.73 Å². The Kier molecular flexibility index (Phi) is 5.62. The van der Waals surface area contributed by atoms with E-state index < -0.39 is 11.5 Å². The number of carbonyl (C=O) groups excluding carboxylic acids is 4. The number of Topliss-reactive ketones (excluding diaryl/α,β-unsaturated/α-hetero) is 1. The Balaban J connectivity index is 1.43. The van der Waals surface area contributed by atoms with Crippen molar-refractivity contribution < 1.29 is 19.2 Å². The molecule has 1 saturated carbocycles. The van der Waals surface area contributed by atoms with Crippen molar-refractivity contribution in [3.8, 4) is 0 Å². The number of carbonyl (C=O) groups is 4. The number of nitrogens with two attached hydrogens (primary N) is 1. The van der Waals surface area contributed by atoms with Gasteiger partial charge in [0.05, 0.1) is 19.0 Å². The lowest BCUT2D eigenvalue weighted by Gasteiger charge is -2.34. The molecule has 1 aliphatic carbocycles. The van der Waals surface area contributed by atoms with Gasteiger partial charge in [0.2, 0.25) is 11.8 Å². The average molecular weight is 410 g/mol. The van der Waals surface area contributed by atoms with Gasteiger partial charge < -0.3 is 15.5 Å². The Hall–Kier alpha value is -2.70. The number of ketones is 1. The average Bonchev–Trinajstić information content (AvgIpc) is 3.34. The van der Waals surface area contributed by atoms with E-state index in [-0.39, 0.29) is 36.1 Å². The highest BCUT2D eigenvalue weighted by Gasteiger charge is 2.51. The summed E-state index contributed by atoms with van der Waals surface area (Å²) in [6.07, 6.45) is 6.80. The first-order valence-electron chi connectivity index (χ1n) is 10.8. The molecule has 2 aliphatic heterocycles. The SMILES string of the molecule is NC(=O)C1(C[CH]C(=O)N2CCC3C2C(=O)CN3C(=O)c2ccccc2)CCCCC1. The predicted molar refractivity (Wildman–Crippen MR) is 110 cm³/mol. The van der Waals surface area contributed by atoms with E-state index in [0.717, 1.165) is 19.3 Å². The number of rotatable bonds is 5. The molecule has 3 aliphatic rings. The highest BCUT2D eigenvalue weighted by molar-refractivity contribution is 6.03. The van der Waals surface area contributed by atoms with E-state index in [9.17, 15) is 19.2 Å². The van der Waals surface area contributed by atoms with Gasteiger partial charge in [-0.1, -0.05) is 37.5 Å². The number of amides is 3. The molecule has 2 N–H and O–H groups in total. The topological polar surface area (TPSA) is 101 Å². The lowest BCUT2D eigenvalue weighted by Crippen LogP contribution is -2.45. The summed E-state index contributed by atoms with van der Waals surface area (Å²) in [5.41, 5.74) is 5.57. The van der Waals surface area contributed by atoms with Crippen molar-refractivity contribution in [2.24, 2.45) is 11.1 Å². The maximum Gasteiger partial charge on any atom is 0.254 e. The van der Waals surface area contributed by atoms with Crippen LogP contribution in [0.4, 0.5) is 0 Å². The van der Waals surface area contributed by atoms with Gasteiger partial charge in [0.15, 0.2) is 5.78 Å². The molecular formula is C23H28N3O4. The molecule has 2 heterocycles. The van der Waals surface area contributed by atoms with E-state index >= 15 is 0 Å². The third kappa shape index (κ3) is 3.61. The molecule has 2 saturated heterocycles. The van der Waals surface area contributed by atoms with Crippen LogP contribution in [0.1, 0.15) is 55.3 Å². The van der Waals surface area contributed by atoms with Gasteiger partial charge in [-0.3, -0.25) is 19.2 Å². The van der Waals surface area contributed by atoms with Crippen molar-refractivity contribution in [3.63, 3.8) is 0 Å². The predicted octanol–water partition coefficient (Wildman–Crippen LogP) is 1.71. The highest BCUT2D eigenvalue weighted by Crippen LogP contribution is 2.40. The smallest absolute Gasteiger partial charge is 0.254 e. The second-order valence-corrected chi connectivity index (χ2v) is 8.71. The van der Waals surface area contributed by atoms with Gasteiger partial charge in [0, 0.05) is 17.5 Å². The normalized spacial score (nSPS) is 25.3. The van der Waals surface area contributed by atoms with Gasteiger partial charge in [-0.05, 0) is 37.8 Å². The van der Waals surface area contributed by atoms with Crippen LogP contribution in [0.2, 0.25) is 0 Å². The standard InChI is InChI=1S/C23H28N3O4/c24-22(30)23(11-5-2-6-12-23)13-9-19(28)25-14-10-17-20(25)18(27)15-26(17)21(29)16-7-3-1-4-8-16/h1,3-4,7-9,17,20H,2,5-6,10-15H2,(H2,24,30). The summed E-state index contributed by atoms with van der Waals surface area (Å²) in [5, 5.41) is 0. The minimum Gasteiger partial charge on any atom is -0.369 e. The molecule has 0 spiro atoms. The number of hydrogen-bond acceptors (Lipinski definition) is 4. The lowest BCUT2D eigenvalue weighted by molar-refractivity contribution is -0.135. The second kappa shape index (κ2) is 8.20. The number of likely N-dealkylation sites (tertiary alicyclic amines) is 2. The van der Waals surface area contributed by atoms with E-state index in [1.807, 2.05) is 6.07 Å². The summed E-state index contributed by atoms with van der Waals surface area (Å²) in [7, 11) is 0. The second-order valence-electron chi connectivity index (χ2n) is 8.71. The zero-order chi connectivity index (χ0) is 21.3. The molecule has 3 amide bonds. The molecule has 4 rings (SSSR count). The quantitative estimate of drug-likeness (QED) is 0.798. The number of primary amides is 1. The molecule has 1 aromatic rings. The molecule has 3 fully saturated rings. The molecule has 7 nitrogen and oxygen atoms in total. The Morgan fingerprint density at radius 3 is 2.43 bits per heavy atom. The Bertz CT molecular complexity index is 847. The summed E-state index contributed by atoms with van der Waals surface area (Å²) in [4.78, 5) is 53.8. The number of benzene rings is 1. The van der Waals surface area contributed by atoms with Crippen LogP contribution in [0, 0.1) is 11.8 Å². The van der Waals surface area contributed by atoms with Crippen molar-refractivity contribution in [2.75, 3.05) is 13.1 Å². The third-order valence-corrected chi connectivity index (χ3v) is 6.99. The summed E-state index contributed by atoms with van der Waals surface area (Å²) < 4.78 is 0. The number of fused-ring (bicyclic) bond motifs is 1. The fourth-order valence-corrected chi connectivity index (χ4v) is 5.27. The Morgan fingerprint density at radius 1 is 1.07 bits per heavy atom. The molecule has 2 atom stereocenters. The number of nitrogens with zero attached hydrogens (tertiary/aromatic N) is 2. The lowest BCUT2D eigenvalue weighted by atomic mass is 9.70. The van der Waals surface area contributed by atoms with Crippen molar-refractivity contribution >= 4 is 23.5 Å². The van der Waals surface area contributed by atoms with Crippen LogP contribution >= 0.6 is 0 Å². The molecule has 0 aromatic heterocycles. The monoisotopic (exact) mass is 410 g/mol. The molecule has 1 aromatic carbocycles. The van der Waals surface area contributed by atoms with E-state index in [0.29, 0.717) is 37.8 Å². The largest absolute Gasteiger partial charge is 0.369 e. The van der Waals surface area contributed by atoms with Crippen LogP contribution in [0.5, 0.6) is 0 Å². The van der Waals surface area contributed by atoms with Gasteiger partial charge in [0.1, 0.15) is 6.04 Å². The van der Waals surface area contributed by atoms with Crippen molar-refractivity contribution in [3.05, 3.63) is 42.3 Å². The zero-order valence-electron chi connectivity index (χ0n) is 17.1. The molecule has 159 valence electrons. The van der Waals surface area contributed by atoms with Gasteiger partial charge in [0.25, 0.3) is 5.91 Å². The molecule has 30 heavy (non-hydrogen) atoms. The molecule has 2 unspecified atom stereocenters. The van der Waals surface area contributed by atoms with Gasteiger partial charge in [-0.15, -0.1) is 0 Å². The van der Waals surface area contributed by atoms with Crippen LogP contribution in [0.25, 0.3) is 0 Å². The summed E-state index contributed by atoms with van der Waals surface area (Å²) in [5.74, 6) is -0.867. The molecule has 0 bridgehead atoms. The maximum atomic E-state index is 13.0. The van der Waals surface area contributed by atoms with Crippen LogP contribution in [0.3, 0.4) is 0 Å². The van der Waals surface area contributed by atoms with Crippen LogP contribution in [0.15, 0.2) is 30.3 Å². The minimum absolute atomic E-state index is 0.0259. The third-order valence-electron chi connectivity index (χ3n) is 6.99. The zero-order valence-corrected chi connectivity index (χ0v) is 17.1. The van der Waals surface area contributed by atoms with E-state index in [1.54, 1.807) is 34.1 Å². The first-order valence-corrected chi connectivity index (χ1v) is 10.8. The Labute approximate surface area is 176 Å². The van der Waals surface area contributed by atoms with Gasteiger partial charge >= 0.3 is 0 Å². The highest BCUT2D eigenvalue weighted by atomic mass is 16.2. The molecule has 1 radical (unpaired) electrons. The first kappa shape index (κ1) is 20.6. The fraction of sp³-hybridized carbons (Fsp3) is 0.522. The summed E-state index contributed by atoms with van der Waals surface area (Å²) in [6, 6.07) is 8.01. The fourth-order valence-electron chi connectivity index (χ4n) is 5.27. The number of hydrogen-bond donors (Lipinski definition) is 1. The van der Waals surface area contributed by atoms with Crippen molar-refractivity contribution in [2.45, 2.75) is 57.0 Å². The first-order chi connectivity index (χ1) is 14.4. The van der Waals surface area contributed by atoms with E-state index in [1.165, 1.54) is 6.42 Å². The minimum atomic E-state index is -0.651. The molecular weight excluding hydrogens is 382 g/mol. The Morgan fingerprint density at radius 2 is 1.77 bits per heavy atom. The van der Waals surface area contributed by atoms with Crippen LogP contribution < -0.4 is 5.73 Å². The summed E-state index contributed by atoms with van der Waals surface area (Å²) >= 11 is 0. The maximum absolute atomic E-state index is 13.0. The van der Waals surface area contributed by atoms with Gasteiger partial charge in [-0.25, -0.2) is 0 Å². The van der Waals surface area contributed by atoms with Crippen molar-refractivity contribution in [1.82, 2.24) is 9.80 Å². The van der Waals surface area contributed by atoms with Crippen molar-refractivity contribution in [1.29, 1.82) is 0 Å². The van der Waals surface area contributed by atoms with Gasteiger partial charge in [-0.2, -0.15) is 0 Å². The van der Waals surface area contributed by atoms with Crippen LogP contribution in [-0.4, -0.2) is 58.5 Å².